The van der Waals surface area contributed by atoms with Gasteiger partial charge < -0.3 is 9.64 Å². The molecule has 7 heteroatoms. The van der Waals surface area contributed by atoms with Crippen molar-refractivity contribution in [3.05, 3.63) is 42.0 Å². The highest BCUT2D eigenvalue weighted by Gasteiger charge is 2.25. The molecule has 3 heterocycles. The predicted molar refractivity (Wildman–Crippen MR) is 79.3 cm³/mol. The molecule has 1 fully saturated rings. The number of carbonyl (C=O) groups is 1. The molecular formula is C15H19N5O2. The summed E-state index contributed by atoms with van der Waals surface area (Å²) in [6.07, 6.45) is 4.25. The van der Waals surface area contributed by atoms with E-state index in [0.717, 1.165) is 12.1 Å². The first-order chi connectivity index (χ1) is 10.7. The molecule has 1 atom stereocenters. The molecule has 116 valence electrons. The van der Waals surface area contributed by atoms with Gasteiger partial charge in [-0.15, -0.1) is 5.10 Å². The van der Waals surface area contributed by atoms with E-state index >= 15 is 0 Å². The fourth-order valence-corrected chi connectivity index (χ4v) is 2.48. The molecule has 1 unspecified atom stereocenters. The molecule has 0 aliphatic carbocycles. The number of aromatic nitrogens is 4. The van der Waals surface area contributed by atoms with E-state index in [0.29, 0.717) is 32.0 Å². The maximum Gasteiger partial charge on any atom is 0.276 e. The Kier molecular flexibility index (Phi) is 4.43. The molecule has 1 saturated heterocycles. The van der Waals surface area contributed by atoms with Crippen molar-refractivity contribution in [1.29, 1.82) is 0 Å². The minimum Gasteiger partial charge on any atom is -0.380 e. The summed E-state index contributed by atoms with van der Waals surface area (Å²) in [5, 5.41) is 8.03. The summed E-state index contributed by atoms with van der Waals surface area (Å²) in [4.78, 5) is 18.6. The van der Waals surface area contributed by atoms with Crippen LogP contribution in [0.5, 0.6) is 0 Å². The van der Waals surface area contributed by atoms with E-state index in [1.807, 2.05) is 30.0 Å². The first-order valence-electron chi connectivity index (χ1n) is 7.43. The van der Waals surface area contributed by atoms with Crippen LogP contribution in [0.25, 0.3) is 0 Å². The Morgan fingerprint density at radius 3 is 3.14 bits per heavy atom. The molecule has 7 nitrogen and oxygen atoms in total. The molecule has 1 aliphatic rings. The molecule has 0 saturated carbocycles. The van der Waals surface area contributed by atoms with E-state index in [1.165, 1.54) is 0 Å². The third-order valence-electron chi connectivity index (χ3n) is 3.76. The van der Waals surface area contributed by atoms with Gasteiger partial charge in [-0.1, -0.05) is 11.3 Å². The molecule has 22 heavy (non-hydrogen) atoms. The molecule has 3 rings (SSSR count). The fourth-order valence-electron chi connectivity index (χ4n) is 2.48. The Morgan fingerprint density at radius 1 is 1.41 bits per heavy atom. The van der Waals surface area contributed by atoms with E-state index in [1.54, 1.807) is 17.1 Å². The summed E-state index contributed by atoms with van der Waals surface area (Å²) < 4.78 is 7.06. The number of hydrogen-bond donors (Lipinski definition) is 0. The van der Waals surface area contributed by atoms with Crippen LogP contribution in [0.1, 0.15) is 29.5 Å². The van der Waals surface area contributed by atoms with Crippen LogP contribution < -0.4 is 0 Å². The summed E-state index contributed by atoms with van der Waals surface area (Å²) in [5.74, 6) is -0.0923. The monoisotopic (exact) mass is 301 g/mol. The Labute approximate surface area is 128 Å². The number of rotatable bonds is 3. The molecule has 0 radical (unpaired) electrons. The quantitative estimate of drug-likeness (QED) is 0.844. The topological polar surface area (TPSA) is 73.1 Å². The second kappa shape index (κ2) is 6.65. The van der Waals surface area contributed by atoms with Crippen molar-refractivity contribution in [2.24, 2.45) is 0 Å². The van der Waals surface area contributed by atoms with E-state index in [-0.39, 0.29) is 11.9 Å². The van der Waals surface area contributed by atoms with Gasteiger partial charge in [-0.3, -0.25) is 9.78 Å². The van der Waals surface area contributed by atoms with Gasteiger partial charge in [-0.25, -0.2) is 4.68 Å². The lowest BCUT2D eigenvalue weighted by molar-refractivity contribution is 0.0681. The number of amides is 1. The number of carbonyl (C=O) groups excluding carboxylic acids is 1. The summed E-state index contributed by atoms with van der Waals surface area (Å²) >= 11 is 0. The lowest BCUT2D eigenvalue weighted by Gasteiger charge is -2.25. The highest BCUT2D eigenvalue weighted by Crippen LogP contribution is 2.12. The summed E-state index contributed by atoms with van der Waals surface area (Å²) in [5.41, 5.74) is 1.24. The van der Waals surface area contributed by atoms with E-state index < -0.39 is 0 Å². The molecule has 2 aromatic rings. The van der Waals surface area contributed by atoms with Crippen LogP contribution in [0.4, 0.5) is 0 Å². The molecule has 0 N–H and O–H groups in total. The number of hydrogen-bond acceptors (Lipinski definition) is 5. The van der Waals surface area contributed by atoms with Gasteiger partial charge in [-0.2, -0.15) is 0 Å². The van der Waals surface area contributed by atoms with Crippen LogP contribution in [-0.4, -0.2) is 56.6 Å². The zero-order chi connectivity index (χ0) is 15.4. The van der Waals surface area contributed by atoms with Crippen molar-refractivity contribution in [3.63, 3.8) is 0 Å². The highest BCUT2D eigenvalue weighted by molar-refractivity contribution is 5.92. The first-order valence-corrected chi connectivity index (χ1v) is 7.43. The Hall–Kier alpha value is -2.28. The van der Waals surface area contributed by atoms with E-state index in [4.69, 9.17) is 4.74 Å². The van der Waals surface area contributed by atoms with Crippen LogP contribution in [0.3, 0.4) is 0 Å². The zero-order valence-electron chi connectivity index (χ0n) is 12.6. The maximum atomic E-state index is 12.6. The summed E-state index contributed by atoms with van der Waals surface area (Å²) in [7, 11) is 0. The normalized spacial score (nSPS) is 19.0. The van der Waals surface area contributed by atoms with Gasteiger partial charge in [0.15, 0.2) is 5.69 Å². The average Bonchev–Trinajstić information content (AvgIpc) is 2.89. The Balaban J connectivity index is 1.71. The predicted octanol–water partition coefficient (Wildman–Crippen LogP) is 0.972. The van der Waals surface area contributed by atoms with Crippen LogP contribution in [-0.2, 0) is 11.3 Å². The minimum absolute atomic E-state index is 0.0923. The molecule has 0 aromatic carbocycles. The number of pyridine rings is 1. The first kappa shape index (κ1) is 14.6. The fraction of sp³-hybridized carbons (Fsp3) is 0.467. The molecule has 0 spiro atoms. The maximum absolute atomic E-state index is 12.6. The van der Waals surface area contributed by atoms with Crippen LogP contribution in [0.2, 0.25) is 0 Å². The van der Waals surface area contributed by atoms with Gasteiger partial charge in [0.2, 0.25) is 0 Å². The van der Waals surface area contributed by atoms with Crippen molar-refractivity contribution in [1.82, 2.24) is 24.9 Å². The van der Waals surface area contributed by atoms with Crippen molar-refractivity contribution >= 4 is 5.91 Å². The molecule has 0 bridgehead atoms. The van der Waals surface area contributed by atoms with E-state index in [2.05, 4.69) is 15.3 Å². The Bertz CT molecular complexity index is 628. The van der Waals surface area contributed by atoms with Gasteiger partial charge in [0.1, 0.15) is 0 Å². The van der Waals surface area contributed by atoms with Gasteiger partial charge in [0.05, 0.1) is 25.0 Å². The SMILES string of the molecule is CC1CCOCCN1C(=O)c1cn(Cc2ccccn2)nn1. The van der Waals surface area contributed by atoms with Crippen molar-refractivity contribution < 1.29 is 9.53 Å². The zero-order valence-corrected chi connectivity index (χ0v) is 12.6. The largest absolute Gasteiger partial charge is 0.380 e. The van der Waals surface area contributed by atoms with Crippen LogP contribution in [0.15, 0.2) is 30.6 Å². The van der Waals surface area contributed by atoms with E-state index in [9.17, 15) is 4.79 Å². The lowest BCUT2D eigenvalue weighted by atomic mass is 10.2. The van der Waals surface area contributed by atoms with Crippen LogP contribution in [0, 0.1) is 0 Å². The summed E-state index contributed by atoms with van der Waals surface area (Å²) in [6, 6.07) is 5.85. The molecule has 1 amide bonds. The van der Waals surface area contributed by atoms with Crippen LogP contribution >= 0.6 is 0 Å². The third-order valence-corrected chi connectivity index (χ3v) is 3.76. The van der Waals surface area contributed by atoms with Gasteiger partial charge in [0.25, 0.3) is 5.91 Å². The summed E-state index contributed by atoms with van der Waals surface area (Å²) in [6.45, 7) is 4.38. The lowest BCUT2D eigenvalue weighted by Crippen LogP contribution is -2.39. The second-order valence-electron chi connectivity index (χ2n) is 5.37. The third kappa shape index (κ3) is 3.30. The van der Waals surface area contributed by atoms with Crippen molar-refractivity contribution in [3.8, 4) is 0 Å². The number of nitrogens with zero attached hydrogens (tertiary/aromatic N) is 5. The Morgan fingerprint density at radius 2 is 2.32 bits per heavy atom. The highest BCUT2D eigenvalue weighted by atomic mass is 16.5. The second-order valence-corrected chi connectivity index (χ2v) is 5.37. The van der Waals surface area contributed by atoms with Gasteiger partial charge in [0, 0.05) is 25.4 Å². The van der Waals surface area contributed by atoms with Gasteiger partial charge in [-0.05, 0) is 25.5 Å². The molecule has 1 aliphatic heterocycles. The van der Waals surface area contributed by atoms with Crippen molar-refractivity contribution in [2.45, 2.75) is 25.9 Å². The van der Waals surface area contributed by atoms with Crippen molar-refractivity contribution in [2.75, 3.05) is 19.8 Å². The number of ether oxygens (including phenoxy) is 1. The average molecular weight is 301 g/mol. The smallest absolute Gasteiger partial charge is 0.276 e. The standard InChI is InChI=1S/C15H19N5O2/c1-12-5-8-22-9-7-20(12)15(21)14-11-19(18-17-14)10-13-4-2-3-6-16-13/h2-4,6,11-12H,5,7-10H2,1H3. The molecule has 2 aromatic heterocycles. The minimum atomic E-state index is -0.0923. The van der Waals surface area contributed by atoms with Gasteiger partial charge >= 0.3 is 0 Å². The molecular weight excluding hydrogens is 282 g/mol.